The number of nitrogens with two attached hydrogens (primary N) is 1. The van der Waals surface area contributed by atoms with Crippen LogP contribution in [0.2, 0.25) is 0 Å². The van der Waals surface area contributed by atoms with Crippen LogP contribution in [0.5, 0.6) is 0 Å². The van der Waals surface area contributed by atoms with Crippen molar-refractivity contribution in [2.75, 3.05) is 0 Å². The normalized spacial score (nSPS) is 12.7. The molecule has 0 aliphatic carbocycles. The summed E-state index contributed by atoms with van der Waals surface area (Å²) < 4.78 is 19.2. The van der Waals surface area contributed by atoms with Gasteiger partial charge in [-0.1, -0.05) is 30.3 Å². The number of nitrogens with one attached hydrogen (secondary N) is 1. The predicted molar refractivity (Wildman–Crippen MR) is 71.8 cm³/mol. The molecule has 1 heterocycles. The third-order valence-corrected chi connectivity index (χ3v) is 3.21. The lowest BCUT2D eigenvalue weighted by molar-refractivity contribution is 0.453. The van der Waals surface area contributed by atoms with Gasteiger partial charge in [0.25, 0.3) is 0 Å². The standard InChI is InChI=1S/C15H13FN2O/c16-13-8-7-12(10-4-1-2-5-11(10)13)15(18-17)14-6-3-9-19-14/h1-9,15,18H,17H2. The van der Waals surface area contributed by atoms with Gasteiger partial charge in [0.05, 0.1) is 6.26 Å². The Morgan fingerprint density at radius 2 is 1.79 bits per heavy atom. The van der Waals surface area contributed by atoms with E-state index in [0.717, 1.165) is 10.9 Å². The van der Waals surface area contributed by atoms with Crippen molar-refractivity contribution in [1.82, 2.24) is 5.43 Å². The number of fused-ring (bicyclic) bond motifs is 1. The number of hydrogen-bond donors (Lipinski definition) is 2. The van der Waals surface area contributed by atoms with Crippen molar-refractivity contribution in [3.8, 4) is 0 Å². The van der Waals surface area contributed by atoms with E-state index in [0.29, 0.717) is 11.1 Å². The highest BCUT2D eigenvalue weighted by Gasteiger charge is 2.18. The molecule has 96 valence electrons. The van der Waals surface area contributed by atoms with Crippen LogP contribution in [0.15, 0.2) is 59.2 Å². The Kier molecular flexibility index (Phi) is 3.03. The molecule has 3 N–H and O–H groups in total. The molecule has 3 nitrogen and oxygen atoms in total. The second-order valence-electron chi connectivity index (χ2n) is 4.30. The minimum Gasteiger partial charge on any atom is -0.467 e. The van der Waals surface area contributed by atoms with Crippen LogP contribution in [0.25, 0.3) is 10.8 Å². The van der Waals surface area contributed by atoms with Crippen LogP contribution in [0.4, 0.5) is 4.39 Å². The number of hydrogen-bond acceptors (Lipinski definition) is 3. The van der Waals surface area contributed by atoms with Gasteiger partial charge in [0.2, 0.25) is 0 Å². The van der Waals surface area contributed by atoms with E-state index >= 15 is 0 Å². The van der Waals surface area contributed by atoms with Gasteiger partial charge < -0.3 is 4.42 Å². The molecule has 19 heavy (non-hydrogen) atoms. The van der Waals surface area contributed by atoms with Gasteiger partial charge in [0, 0.05) is 5.39 Å². The first-order valence-electron chi connectivity index (χ1n) is 5.98. The number of halogens is 1. The van der Waals surface area contributed by atoms with Crippen molar-refractivity contribution in [3.63, 3.8) is 0 Å². The summed E-state index contributed by atoms with van der Waals surface area (Å²) in [6.45, 7) is 0. The monoisotopic (exact) mass is 256 g/mol. The molecule has 0 spiro atoms. The molecule has 0 fully saturated rings. The summed E-state index contributed by atoms with van der Waals surface area (Å²) >= 11 is 0. The fraction of sp³-hybridized carbons (Fsp3) is 0.0667. The Hall–Kier alpha value is -2.17. The predicted octanol–water partition coefficient (Wildman–Crippen LogP) is 3.12. The van der Waals surface area contributed by atoms with E-state index in [1.54, 1.807) is 24.5 Å². The molecule has 4 heteroatoms. The first kappa shape index (κ1) is 11.9. The Bertz CT molecular complexity index is 694. The van der Waals surface area contributed by atoms with Crippen molar-refractivity contribution >= 4 is 10.8 Å². The van der Waals surface area contributed by atoms with Crippen LogP contribution in [0.3, 0.4) is 0 Å². The zero-order valence-electron chi connectivity index (χ0n) is 10.1. The lowest BCUT2D eigenvalue weighted by Crippen LogP contribution is -2.28. The molecule has 0 saturated carbocycles. The molecular formula is C15H13FN2O. The van der Waals surface area contributed by atoms with Crippen LogP contribution in [-0.4, -0.2) is 0 Å². The average molecular weight is 256 g/mol. The van der Waals surface area contributed by atoms with Gasteiger partial charge in [-0.3, -0.25) is 5.84 Å². The zero-order chi connectivity index (χ0) is 13.2. The molecule has 0 saturated heterocycles. The van der Waals surface area contributed by atoms with Crippen molar-refractivity contribution in [2.45, 2.75) is 6.04 Å². The molecule has 0 aliphatic heterocycles. The number of rotatable bonds is 3. The van der Waals surface area contributed by atoms with Gasteiger partial charge in [0.1, 0.15) is 17.6 Å². The van der Waals surface area contributed by atoms with Gasteiger partial charge >= 0.3 is 0 Å². The summed E-state index contributed by atoms with van der Waals surface area (Å²) in [6.07, 6.45) is 1.59. The third-order valence-electron chi connectivity index (χ3n) is 3.21. The molecule has 1 aromatic heterocycles. The average Bonchev–Trinajstić information content (AvgIpc) is 2.96. The largest absolute Gasteiger partial charge is 0.467 e. The molecule has 1 unspecified atom stereocenters. The summed E-state index contributed by atoms with van der Waals surface area (Å²) in [7, 11) is 0. The fourth-order valence-electron chi connectivity index (χ4n) is 2.32. The van der Waals surface area contributed by atoms with Crippen LogP contribution in [-0.2, 0) is 0 Å². The summed E-state index contributed by atoms with van der Waals surface area (Å²) in [5, 5.41) is 1.40. The highest BCUT2D eigenvalue weighted by molar-refractivity contribution is 5.87. The van der Waals surface area contributed by atoms with E-state index < -0.39 is 0 Å². The van der Waals surface area contributed by atoms with Gasteiger partial charge in [-0.05, 0) is 29.1 Å². The maximum Gasteiger partial charge on any atom is 0.131 e. The van der Waals surface area contributed by atoms with Gasteiger partial charge in [0.15, 0.2) is 0 Å². The van der Waals surface area contributed by atoms with Crippen molar-refractivity contribution < 1.29 is 8.81 Å². The van der Waals surface area contributed by atoms with Crippen molar-refractivity contribution in [3.05, 3.63) is 71.9 Å². The Labute approximate surface area is 109 Å². The van der Waals surface area contributed by atoms with Crippen LogP contribution < -0.4 is 11.3 Å². The SMILES string of the molecule is NNC(c1ccco1)c1ccc(F)c2ccccc12. The molecule has 3 aromatic rings. The molecule has 2 aromatic carbocycles. The molecule has 0 aliphatic rings. The first-order valence-corrected chi connectivity index (χ1v) is 5.98. The quantitative estimate of drug-likeness (QED) is 0.559. The van der Waals surface area contributed by atoms with Crippen molar-refractivity contribution in [1.29, 1.82) is 0 Å². The van der Waals surface area contributed by atoms with Crippen LogP contribution in [0.1, 0.15) is 17.4 Å². The number of hydrazine groups is 1. The van der Waals surface area contributed by atoms with Gasteiger partial charge in [-0.2, -0.15) is 0 Å². The second kappa shape index (κ2) is 4.84. The van der Waals surface area contributed by atoms with Crippen LogP contribution in [0, 0.1) is 5.82 Å². The zero-order valence-corrected chi connectivity index (χ0v) is 10.1. The Morgan fingerprint density at radius 3 is 2.47 bits per heavy atom. The molecule has 0 bridgehead atoms. The lowest BCUT2D eigenvalue weighted by atomic mass is 9.97. The van der Waals surface area contributed by atoms with E-state index in [1.165, 1.54) is 6.07 Å². The van der Waals surface area contributed by atoms with E-state index in [4.69, 9.17) is 10.3 Å². The topological polar surface area (TPSA) is 51.2 Å². The van der Waals surface area contributed by atoms with Gasteiger partial charge in [-0.15, -0.1) is 0 Å². The van der Waals surface area contributed by atoms with E-state index in [9.17, 15) is 4.39 Å². The lowest BCUT2D eigenvalue weighted by Gasteiger charge is -2.16. The smallest absolute Gasteiger partial charge is 0.131 e. The fourth-order valence-corrected chi connectivity index (χ4v) is 2.32. The second-order valence-corrected chi connectivity index (χ2v) is 4.30. The summed E-state index contributed by atoms with van der Waals surface area (Å²) in [6, 6.07) is 13.8. The Morgan fingerprint density at radius 1 is 1.00 bits per heavy atom. The number of benzene rings is 2. The highest BCUT2D eigenvalue weighted by Crippen LogP contribution is 2.30. The molecule has 3 rings (SSSR count). The van der Waals surface area contributed by atoms with Gasteiger partial charge in [-0.25, -0.2) is 9.82 Å². The molecular weight excluding hydrogens is 243 g/mol. The van der Waals surface area contributed by atoms with E-state index in [1.807, 2.05) is 24.3 Å². The minimum atomic E-state index is -0.305. The molecule has 0 amide bonds. The third kappa shape index (κ3) is 2.01. The summed E-state index contributed by atoms with van der Waals surface area (Å²) in [5.74, 6) is 6.07. The first-order chi connectivity index (χ1) is 9.31. The molecule has 0 radical (unpaired) electrons. The maximum atomic E-state index is 13.8. The highest BCUT2D eigenvalue weighted by atomic mass is 19.1. The van der Waals surface area contributed by atoms with E-state index in [-0.39, 0.29) is 11.9 Å². The number of furan rings is 1. The minimum absolute atomic E-state index is 0.241. The maximum absolute atomic E-state index is 13.8. The van der Waals surface area contributed by atoms with E-state index in [2.05, 4.69) is 5.43 Å². The summed E-state index contributed by atoms with van der Waals surface area (Å²) in [5.41, 5.74) is 3.60. The summed E-state index contributed by atoms with van der Waals surface area (Å²) in [4.78, 5) is 0. The van der Waals surface area contributed by atoms with Crippen molar-refractivity contribution in [2.24, 2.45) is 5.84 Å². The van der Waals surface area contributed by atoms with Crippen LogP contribution >= 0.6 is 0 Å². The molecule has 1 atom stereocenters. The Balaban J connectivity index is 2.22.